The fraction of sp³-hybridized carbons (Fsp3) is 0.400. The van der Waals surface area contributed by atoms with Gasteiger partial charge in [0.25, 0.3) is 0 Å². The summed E-state index contributed by atoms with van der Waals surface area (Å²) in [6, 6.07) is 12.5. The van der Waals surface area contributed by atoms with Crippen LogP contribution in [0.5, 0.6) is 0 Å². The van der Waals surface area contributed by atoms with E-state index in [2.05, 4.69) is 16.0 Å². The maximum Gasteiger partial charge on any atom is 0.246 e. The number of nitrogens with one attached hydrogen (secondary N) is 3. The van der Waals surface area contributed by atoms with Crippen molar-refractivity contribution in [2.75, 3.05) is 6.54 Å². The molecule has 0 radical (unpaired) electrons. The Kier molecular flexibility index (Phi) is 6.25. The summed E-state index contributed by atoms with van der Waals surface area (Å²) in [6.45, 7) is 0.422. The number of hydrogen-bond acceptors (Lipinski definition) is 3. The number of fused-ring (bicyclic) bond motifs is 1. The van der Waals surface area contributed by atoms with Gasteiger partial charge in [0.05, 0.1) is 0 Å². The highest BCUT2D eigenvalue weighted by atomic mass is 35.5. The molecule has 5 rings (SSSR count). The summed E-state index contributed by atoms with van der Waals surface area (Å²) in [5, 5.41) is 10.5. The molecule has 3 amide bonds. The van der Waals surface area contributed by atoms with Crippen molar-refractivity contribution in [2.45, 2.75) is 49.1 Å². The maximum absolute atomic E-state index is 13.3. The summed E-state index contributed by atoms with van der Waals surface area (Å²) in [4.78, 5) is 38.0. The molecular weight excluding hydrogens is 497 g/mol. The zero-order chi connectivity index (χ0) is 24.0. The zero-order valence-electron chi connectivity index (χ0n) is 18.2. The van der Waals surface area contributed by atoms with Crippen LogP contribution >= 0.6 is 34.8 Å². The molecule has 0 bridgehead atoms. The highest BCUT2D eigenvalue weighted by Crippen LogP contribution is 2.54. The van der Waals surface area contributed by atoms with Crippen molar-refractivity contribution >= 4 is 52.5 Å². The molecule has 9 heteroatoms. The molecule has 178 valence electrons. The van der Waals surface area contributed by atoms with E-state index in [0.717, 1.165) is 11.1 Å². The number of hydrogen-bond donors (Lipinski definition) is 3. The van der Waals surface area contributed by atoms with Gasteiger partial charge in [-0.3, -0.25) is 14.4 Å². The second-order valence-electron chi connectivity index (χ2n) is 9.32. The van der Waals surface area contributed by atoms with Crippen molar-refractivity contribution < 1.29 is 14.4 Å². The smallest absolute Gasteiger partial charge is 0.246 e. The molecule has 2 aromatic carbocycles. The zero-order valence-corrected chi connectivity index (χ0v) is 20.5. The largest absolute Gasteiger partial charge is 0.354 e. The van der Waals surface area contributed by atoms with E-state index in [1.165, 1.54) is 0 Å². The predicted octanol–water partition coefficient (Wildman–Crippen LogP) is 4.19. The van der Waals surface area contributed by atoms with Crippen LogP contribution in [0.2, 0.25) is 15.1 Å². The van der Waals surface area contributed by atoms with E-state index >= 15 is 0 Å². The van der Waals surface area contributed by atoms with Crippen molar-refractivity contribution in [3.63, 3.8) is 0 Å². The van der Waals surface area contributed by atoms with Gasteiger partial charge in [-0.2, -0.15) is 0 Å². The summed E-state index contributed by atoms with van der Waals surface area (Å²) in [6.07, 6.45) is 1.83. The van der Waals surface area contributed by atoms with Crippen LogP contribution in [0.25, 0.3) is 0 Å². The fourth-order valence-corrected chi connectivity index (χ4v) is 6.58. The van der Waals surface area contributed by atoms with E-state index < -0.39 is 11.6 Å². The van der Waals surface area contributed by atoms with Gasteiger partial charge in [0, 0.05) is 34.0 Å². The number of rotatable bonds is 4. The van der Waals surface area contributed by atoms with Crippen LogP contribution < -0.4 is 16.0 Å². The van der Waals surface area contributed by atoms with Gasteiger partial charge in [0.2, 0.25) is 17.7 Å². The Morgan fingerprint density at radius 1 is 1.00 bits per heavy atom. The number of carbonyl (C=O) groups is 3. The molecule has 3 aliphatic rings. The number of benzene rings is 2. The van der Waals surface area contributed by atoms with Gasteiger partial charge < -0.3 is 16.0 Å². The van der Waals surface area contributed by atoms with Crippen molar-refractivity contribution in [1.82, 2.24) is 16.0 Å². The first-order valence-electron chi connectivity index (χ1n) is 11.4. The van der Waals surface area contributed by atoms with Crippen molar-refractivity contribution in [3.8, 4) is 0 Å². The lowest BCUT2D eigenvalue weighted by Crippen LogP contribution is -2.63. The minimum atomic E-state index is -1.07. The van der Waals surface area contributed by atoms with E-state index in [1.54, 1.807) is 6.07 Å². The minimum absolute atomic E-state index is 0.0138. The molecule has 1 saturated carbocycles. The van der Waals surface area contributed by atoms with E-state index in [-0.39, 0.29) is 35.5 Å². The first-order chi connectivity index (χ1) is 16.3. The molecule has 2 saturated heterocycles. The molecular formula is C25H24Cl3N3O3. The van der Waals surface area contributed by atoms with Crippen LogP contribution in [0.4, 0.5) is 0 Å². The lowest BCUT2D eigenvalue weighted by atomic mass is 9.60. The van der Waals surface area contributed by atoms with Gasteiger partial charge in [-0.15, -0.1) is 0 Å². The highest BCUT2D eigenvalue weighted by Gasteiger charge is 2.59. The fourth-order valence-electron chi connectivity index (χ4n) is 5.91. The van der Waals surface area contributed by atoms with Crippen LogP contribution in [0.1, 0.15) is 48.6 Å². The summed E-state index contributed by atoms with van der Waals surface area (Å²) in [7, 11) is 0. The minimum Gasteiger partial charge on any atom is -0.354 e. The number of carbonyl (C=O) groups excluding carboxylic acids is 3. The van der Waals surface area contributed by atoms with Gasteiger partial charge in [-0.1, -0.05) is 53.0 Å². The first-order valence-corrected chi connectivity index (χ1v) is 12.5. The first kappa shape index (κ1) is 23.5. The Bertz CT molecular complexity index is 1160. The third-order valence-electron chi connectivity index (χ3n) is 7.51. The maximum atomic E-state index is 13.3. The van der Waals surface area contributed by atoms with Gasteiger partial charge >= 0.3 is 0 Å². The van der Waals surface area contributed by atoms with Gasteiger partial charge in [0.1, 0.15) is 11.6 Å². The van der Waals surface area contributed by atoms with E-state index in [1.807, 2.05) is 36.4 Å². The van der Waals surface area contributed by atoms with Crippen LogP contribution in [-0.4, -0.2) is 35.8 Å². The van der Waals surface area contributed by atoms with Crippen molar-refractivity contribution in [1.29, 1.82) is 0 Å². The summed E-state index contributed by atoms with van der Waals surface area (Å²) in [5.74, 6) is -0.958. The average Bonchev–Trinajstić information content (AvgIpc) is 3.38. The van der Waals surface area contributed by atoms with Crippen molar-refractivity contribution in [3.05, 3.63) is 68.7 Å². The molecule has 0 aromatic heterocycles. The van der Waals surface area contributed by atoms with Gasteiger partial charge in [0.15, 0.2) is 0 Å². The summed E-state index contributed by atoms with van der Waals surface area (Å²) >= 11 is 19.0. The lowest BCUT2D eigenvalue weighted by molar-refractivity contribution is -0.135. The average molecular weight is 521 g/mol. The van der Waals surface area contributed by atoms with Crippen LogP contribution in [0.15, 0.2) is 42.5 Å². The Morgan fingerprint density at radius 3 is 2.41 bits per heavy atom. The molecule has 2 heterocycles. The molecule has 1 unspecified atom stereocenters. The topological polar surface area (TPSA) is 87.3 Å². The molecule has 2 aromatic rings. The molecule has 34 heavy (non-hydrogen) atoms. The Morgan fingerprint density at radius 2 is 1.74 bits per heavy atom. The second kappa shape index (κ2) is 9.06. The number of halogens is 3. The molecule has 3 fully saturated rings. The molecule has 0 spiro atoms. The molecule has 3 N–H and O–H groups in total. The van der Waals surface area contributed by atoms with Gasteiger partial charge in [-0.25, -0.2) is 0 Å². The van der Waals surface area contributed by atoms with E-state index in [9.17, 15) is 14.4 Å². The molecule has 6 nitrogen and oxygen atoms in total. The second-order valence-corrected chi connectivity index (χ2v) is 10.6. The Balaban J connectivity index is 1.55. The summed E-state index contributed by atoms with van der Waals surface area (Å²) < 4.78 is 0. The SMILES string of the molecule is O=C1CCC(C(=O)N[C@@]23CC[C@@H](c4ccc(Cl)cc4Cl)[C@H](c4ccc(Cl)cc4)[C@@H]2CNC3=O)N1. The standard InChI is InChI=1S/C25H24Cl3N3O3/c26-14-3-1-13(2-4-14)22-17(16-6-5-15(27)11-19(16)28)9-10-25(18(22)12-29-24(25)34)31-23(33)20-7-8-21(32)30-20/h1-6,11,17-18,20,22H,7-10,12H2,(H,29,34)(H,30,32)(H,31,33)/t17-,18-,20?,22-,25-/m0/s1. The van der Waals surface area contributed by atoms with E-state index in [4.69, 9.17) is 34.8 Å². The Hall–Kier alpha value is -2.28. The normalized spacial score (nSPS) is 30.4. The highest BCUT2D eigenvalue weighted by molar-refractivity contribution is 6.35. The van der Waals surface area contributed by atoms with Crippen LogP contribution in [0, 0.1) is 5.92 Å². The molecule has 1 aliphatic carbocycles. The van der Waals surface area contributed by atoms with E-state index in [0.29, 0.717) is 47.3 Å². The third kappa shape index (κ3) is 4.06. The quantitative estimate of drug-likeness (QED) is 0.565. The number of amides is 3. The van der Waals surface area contributed by atoms with Gasteiger partial charge in [-0.05, 0) is 66.5 Å². The van der Waals surface area contributed by atoms with Crippen molar-refractivity contribution in [2.24, 2.45) is 5.92 Å². The lowest BCUT2D eigenvalue weighted by Gasteiger charge is -2.47. The Labute approximate surface area is 212 Å². The molecule has 2 aliphatic heterocycles. The predicted molar refractivity (Wildman–Crippen MR) is 131 cm³/mol. The summed E-state index contributed by atoms with van der Waals surface area (Å²) in [5.41, 5.74) is 0.923. The van der Waals surface area contributed by atoms with Crippen LogP contribution in [-0.2, 0) is 14.4 Å². The molecule has 5 atom stereocenters. The third-order valence-corrected chi connectivity index (χ3v) is 8.33. The monoisotopic (exact) mass is 519 g/mol. The van der Waals surface area contributed by atoms with Crippen LogP contribution in [0.3, 0.4) is 0 Å².